The Bertz CT molecular complexity index is 383. The molecule has 82 valence electrons. The Morgan fingerprint density at radius 3 is 2.67 bits per heavy atom. The van der Waals surface area contributed by atoms with E-state index >= 15 is 0 Å². The smallest absolute Gasteiger partial charge is 0.325 e. The van der Waals surface area contributed by atoms with Gasteiger partial charge in [0, 0.05) is 0 Å². The first-order chi connectivity index (χ1) is 7.04. The first kappa shape index (κ1) is 11.9. The zero-order valence-electron chi connectivity index (χ0n) is 8.01. The molecule has 0 saturated carbocycles. The molecule has 0 amide bonds. The summed E-state index contributed by atoms with van der Waals surface area (Å²) in [5, 5.41) is 3.54. The molecule has 1 rings (SSSR count). The Labute approximate surface area is 97.3 Å². The van der Waals surface area contributed by atoms with Crippen LogP contribution in [0, 0.1) is 0 Å². The minimum absolute atomic E-state index is 0.0264. The van der Waals surface area contributed by atoms with E-state index in [4.69, 9.17) is 28.9 Å². The van der Waals surface area contributed by atoms with E-state index in [1.165, 1.54) is 13.2 Å². The van der Waals surface area contributed by atoms with Crippen LogP contribution in [0.4, 0.5) is 11.4 Å². The van der Waals surface area contributed by atoms with Crippen LogP contribution in [0.15, 0.2) is 12.1 Å². The van der Waals surface area contributed by atoms with E-state index in [1.807, 2.05) is 0 Å². The van der Waals surface area contributed by atoms with Gasteiger partial charge in [-0.3, -0.25) is 4.79 Å². The maximum Gasteiger partial charge on any atom is 0.325 e. The lowest BCUT2D eigenvalue weighted by atomic mass is 10.2. The van der Waals surface area contributed by atoms with E-state index in [2.05, 4.69) is 10.1 Å². The van der Waals surface area contributed by atoms with Gasteiger partial charge in [-0.2, -0.15) is 0 Å². The molecule has 0 fully saturated rings. The molecule has 0 aliphatic rings. The summed E-state index contributed by atoms with van der Waals surface area (Å²) < 4.78 is 4.46. The first-order valence-corrected chi connectivity index (χ1v) is 4.85. The van der Waals surface area contributed by atoms with E-state index in [0.717, 1.165) is 0 Å². The Morgan fingerprint density at radius 2 is 2.07 bits per heavy atom. The number of ether oxygens (including phenoxy) is 1. The van der Waals surface area contributed by atoms with Crippen molar-refractivity contribution in [2.75, 3.05) is 24.7 Å². The molecule has 15 heavy (non-hydrogen) atoms. The highest BCUT2D eigenvalue weighted by Gasteiger charge is 2.06. The van der Waals surface area contributed by atoms with E-state index in [0.29, 0.717) is 21.4 Å². The van der Waals surface area contributed by atoms with Crippen molar-refractivity contribution in [1.82, 2.24) is 0 Å². The Hall–Kier alpha value is -1.13. The molecule has 0 heterocycles. The number of nitrogen functional groups attached to an aromatic ring is 1. The minimum Gasteiger partial charge on any atom is -0.468 e. The molecular formula is C9H10Cl2N2O2. The molecule has 1 aromatic rings. The molecule has 0 aliphatic carbocycles. The second-order valence-electron chi connectivity index (χ2n) is 2.78. The predicted molar refractivity (Wildman–Crippen MR) is 61.4 cm³/mol. The summed E-state index contributed by atoms with van der Waals surface area (Å²) >= 11 is 11.5. The second kappa shape index (κ2) is 5.09. The van der Waals surface area contributed by atoms with Gasteiger partial charge in [0.25, 0.3) is 0 Å². The molecule has 0 aromatic heterocycles. The fraction of sp³-hybridized carbons (Fsp3) is 0.222. The first-order valence-electron chi connectivity index (χ1n) is 4.09. The van der Waals surface area contributed by atoms with Crippen molar-refractivity contribution in [3.63, 3.8) is 0 Å². The quantitative estimate of drug-likeness (QED) is 0.636. The van der Waals surface area contributed by atoms with Crippen molar-refractivity contribution in [3.05, 3.63) is 22.2 Å². The summed E-state index contributed by atoms with van der Waals surface area (Å²) in [7, 11) is 1.31. The summed E-state index contributed by atoms with van der Waals surface area (Å²) in [6, 6.07) is 3.08. The van der Waals surface area contributed by atoms with Crippen LogP contribution in [0.1, 0.15) is 0 Å². The largest absolute Gasteiger partial charge is 0.468 e. The number of rotatable bonds is 3. The van der Waals surface area contributed by atoms with Crippen molar-refractivity contribution in [1.29, 1.82) is 0 Å². The molecule has 0 spiro atoms. The van der Waals surface area contributed by atoms with Gasteiger partial charge in [-0.1, -0.05) is 23.2 Å². The van der Waals surface area contributed by atoms with Crippen molar-refractivity contribution in [2.24, 2.45) is 0 Å². The molecule has 0 radical (unpaired) electrons. The van der Waals surface area contributed by atoms with Crippen molar-refractivity contribution in [3.8, 4) is 0 Å². The summed E-state index contributed by atoms with van der Waals surface area (Å²) in [5.41, 5.74) is 6.64. The van der Waals surface area contributed by atoms with Gasteiger partial charge < -0.3 is 15.8 Å². The van der Waals surface area contributed by atoms with Crippen LogP contribution in [-0.4, -0.2) is 19.6 Å². The molecule has 0 atom stereocenters. The van der Waals surface area contributed by atoms with E-state index in [1.54, 1.807) is 6.07 Å². The molecular weight excluding hydrogens is 239 g/mol. The zero-order valence-corrected chi connectivity index (χ0v) is 9.52. The molecule has 1 aromatic carbocycles. The van der Waals surface area contributed by atoms with Crippen LogP contribution in [0.2, 0.25) is 10.0 Å². The highest BCUT2D eigenvalue weighted by molar-refractivity contribution is 6.42. The predicted octanol–water partition coefficient (Wildman–Crippen LogP) is 2.16. The van der Waals surface area contributed by atoms with Gasteiger partial charge in [-0.15, -0.1) is 0 Å². The number of halogens is 2. The number of hydrogen-bond donors (Lipinski definition) is 2. The third-order valence-electron chi connectivity index (χ3n) is 1.74. The molecule has 0 saturated heterocycles. The van der Waals surface area contributed by atoms with Gasteiger partial charge in [-0.25, -0.2) is 0 Å². The van der Waals surface area contributed by atoms with Crippen molar-refractivity contribution < 1.29 is 9.53 Å². The van der Waals surface area contributed by atoms with Gasteiger partial charge >= 0.3 is 5.97 Å². The summed E-state index contributed by atoms with van der Waals surface area (Å²) in [5.74, 6) is -0.388. The summed E-state index contributed by atoms with van der Waals surface area (Å²) in [6.45, 7) is 0.0264. The number of nitrogens with one attached hydrogen (secondary N) is 1. The topological polar surface area (TPSA) is 64.3 Å². The molecule has 3 N–H and O–H groups in total. The van der Waals surface area contributed by atoms with Crippen LogP contribution >= 0.6 is 23.2 Å². The lowest BCUT2D eigenvalue weighted by Gasteiger charge is -2.09. The van der Waals surface area contributed by atoms with Crippen LogP contribution in [0.5, 0.6) is 0 Å². The highest BCUT2D eigenvalue weighted by Crippen LogP contribution is 2.30. The van der Waals surface area contributed by atoms with Crippen LogP contribution in [0.25, 0.3) is 0 Å². The van der Waals surface area contributed by atoms with Gasteiger partial charge in [0.1, 0.15) is 6.54 Å². The van der Waals surface area contributed by atoms with Crippen LogP contribution < -0.4 is 11.1 Å². The Balaban J connectivity index is 2.77. The molecule has 0 unspecified atom stereocenters. The molecule has 0 bridgehead atoms. The summed E-state index contributed by atoms with van der Waals surface area (Å²) in [4.78, 5) is 10.9. The number of benzene rings is 1. The van der Waals surface area contributed by atoms with E-state index in [9.17, 15) is 4.79 Å². The fourth-order valence-electron chi connectivity index (χ4n) is 0.955. The standard InChI is InChI=1S/C9H10Cl2N2O2/c1-15-9(14)4-13-8-3-6(11)5(10)2-7(8)12/h2-3,13H,4,12H2,1H3. The van der Waals surface area contributed by atoms with E-state index in [-0.39, 0.29) is 12.5 Å². The SMILES string of the molecule is COC(=O)CNc1cc(Cl)c(Cl)cc1N. The molecule has 0 aliphatic heterocycles. The zero-order chi connectivity index (χ0) is 11.4. The monoisotopic (exact) mass is 248 g/mol. The van der Waals surface area contributed by atoms with E-state index < -0.39 is 0 Å². The van der Waals surface area contributed by atoms with Crippen molar-refractivity contribution >= 4 is 40.5 Å². The van der Waals surface area contributed by atoms with Gasteiger partial charge in [0.15, 0.2) is 0 Å². The molecule has 6 heteroatoms. The third kappa shape index (κ3) is 3.18. The number of carbonyl (C=O) groups is 1. The number of methoxy groups -OCH3 is 1. The average molecular weight is 249 g/mol. The minimum atomic E-state index is -0.388. The van der Waals surface area contributed by atoms with Gasteiger partial charge in [-0.05, 0) is 12.1 Å². The molecule has 4 nitrogen and oxygen atoms in total. The average Bonchev–Trinajstić information content (AvgIpc) is 2.21. The van der Waals surface area contributed by atoms with Crippen LogP contribution in [0.3, 0.4) is 0 Å². The third-order valence-corrected chi connectivity index (χ3v) is 2.47. The number of carbonyl (C=O) groups excluding carboxylic acids is 1. The second-order valence-corrected chi connectivity index (χ2v) is 3.60. The Morgan fingerprint density at radius 1 is 1.47 bits per heavy atom. The Kier molecular flexibility index (Phi) is 4.05. The fourth-order valence-corrected chi connectivity index (χ4v) is 1.29. The number of esters is 1. The maximum absolute atomic E-state index is 10.9. The summed E-state index contributed by atoms with van der Waals surface area (Å²) in [6.07, 6.45) is 0. The van der Waals surface area contributed by atoms with Crippen LogP contribution in [-0.2, 0) is 9.53 Å². The number of hydrogen-bond acceptors (Lipinski definition) is 4. The lowest BCUT2D eigenvalue weighted by molar-refractivity contribution is -0.138. The number of anilines is 2. The maximum atomic E-state index is 10.9. The van der Waals surface area contributed by atoms with Crippen molar-refractivity contribution in [2.45, 2.75) is 0 Å². The van der Waals surface area contributed by atoms with Gasteiger partial charge in [0.05, 0.1) is 28.5 Å². The highest BCUT2D eigenvalue weighted by atomic mass is 35.5. The normalized spacial score (nSPS) is 9.80. The lowest BCUT2D eigenvalue weighted by Crippen LogP contribution is -2.15. The number of nitrogens with two attached hydrogens (primary N) is 1. The van der Waals surface area contributed by atoms with Gasteiger partial charge in [0.2, 0.25) is 0 Å².